The van der Waals surface area contributed by atoms with Crippen LogP contribution in [0.1, 0.15) is 22.3 Å². The van der Waals surface area contributed by atoms with E-state index in [1.165, 1.54) is 6.33 Å². The SMILES string of the molecule is O=C(NC[C@@H]1CCS(=O)(=O)C1)c1ccc(Cn2cncn2)cc1. The van der Waals surface area contributed by atoms with Crippen LogP contribution < -0.4 is 5.32 Å². The maximum absolute atomic E-state index is 12.1. The maximum atomic E-state index is 12.1. The van der Waals surface area contributed by atoms with Crippen LogP contribution in [-0.4, -0.2) is 47.1 Å². The first kappa shape index (κ1) is 15.7. The van der Waals surface area contributed by atoms with E-state index >= 15 is 0 Å². The molecular formula is C15H18N4O3S. The van der Waals surface area contributed by atoms with Crippen molar-refractivity contribution in [2.75, 3.05) is 18.1 Å². The second-order valence-electron chi connectivity index (χ2n) is 5.77. The summed E-state index contributed by atoms with van der Waals surface area (Å²) in [7, 11) is -2.90. The van der Waals surface area contributed by atoms with Crippen molar-refractivity contribution < 1.29 is 13.2 Å². The van der Waals surface area contributed by atoms with E-state index in [0.29, 0.717) is 25.1 Å². The molecule has 1 fully saturated rings. The van der Waals surface area contributed by atoms with Gasteiger partial charge in [0, 0.05) is 12.1 Å². The van der Waals surface area contributed by atoms with Gasteiger partial charge in [0.1, 0.15) is 12.7 Å². The molecular weight excluding hydrogens is 316 g/mol. The fourth-order valence-corrected chi connectivity index (χ4v) is 4.50. The number of hydrogen-bond donors (Lipinski definition) is 1. The number of rotatable bonds is 5. The fourth-order valence-electron chi connectivity index (χ4n) is 2.64. The van der Waals surface area contributed by atoms with Crippen LogP contribution in [0.3, 0.4) is 0 Å². The Morgan fingerprint density at radius 1 is 1.30 bits per heavy atom. The molecule has 1 aromatic carbocycles. The minimum atomic E-state index is -2.90. The predicted octanol–water partition coefficient (Wildman–Crippen LogP) is 0.491. The van der Waals surface area contributed by atoms with Gasteiger partial charge in [0.2, 0.25) is 0 Å². The zero-order valence-electron chi connectivity index (χ0n) is 12.6. The Hall–Kier alpha value is -2.22. The highest BCUT2D eigenvalue weighted by molar-refractivity contribution is 7.91. The lowest BCUT2D eigenvalue weighted by Gasteiger charge is -2.10. The number of sulfone groups is 1. The maximum Gasteiger partial charge on any atom is 0.251 e. The molecule has 8 heteroatoms. The summed E-state index contributed by atoms with van der Waals surface area (Å²) in [4.78, 5) is 16.0. The third-order valence-electron chi connectivity index (χ3n) is 3.91. The number of aromatic nitrogens is 3. The summed E-state index contributed by atoms with van der Waals surface area (Å²) in [6.07, 6.45) is 3.74. The molecule has 1 atom stereocenters. The smallest absolute Gasteiger partial charge is 0.251 e. The number of carbonyl (C=O) groups excluding carboxylic acids is 1. The molecule has 1 aliphatic heterocycles. The van der Waals surface area contributed by atoms with Crippen molar-refractivity contribution in [1.82, 2.24) is 20.1 Å². The van der Waals surface area contributed by atoms with Gasteiger partial charge < -0.3 is 5.32 Å². The molecule has 122 valence electrons. The summed E-state index contributed by atoms with van der Waals surface area (Å²) in [6, 6.07) is 7.26. The Balaban J connectivity index is 1.53. The molecule has 23 heavy (non-hydrogen) atoms. The van der Waals surface area contributed by atoms with Crippen LogP contribution in [0.4, 0.5) is 0 Å². The quantitative estimate of drug-likeness (QED) is 0.859. The van der Waals surface area contributed by atoms with E-state index in [4.69, 9.17) is 0 Å². The van der Waals surface area contributed by atoms with Gasteiger partial charge >= 0.3 is 0 Å². The zero-order valence-corrected chi connectivity index (χ0v) is 13.4. The number of nitrogens with zero attached hydrogens (tertiary/aromatic N) is 3. The van der Waals surface area contributed by atoms with Gasteiger partial charge in [-0.15, -0.1) is 0 Å². The second-order valence-corrected chi connectivity index (χ2v) is 8.00. The van der Waals surface area contributed by atoms with Gasteiger partial charge in [-0.1, -0.05) is 12.1 Å². The molecule has 1 N–H and O–H groups in total. The van der Waals surface area contributed by atoms with Crippen LogP contribution in [0.5, 0.6) is 0 Å². The Morgan fingerprint density at radius 2 is 2.09 bits per heavy atom. The summed E-state index contributed by atoms with van der Waals surface area (Å²) in [5.74, 6) is 0.242. The highest BCUT2D eigenvalue weighted by atomic mass is 32.2. The van der Waals surface area contributed by atoms with Crippen molar-refractivity contribution in [3.05, 3.63) is 48.0 Å². The van der Waals surface area contributed by atoms with E-state index in [-0.39, 0.29) is 23.3 Å². The van der Waals surface area contributed by atoms with Gasteiger partial charge in [-0.25, -0.2) is 18.1 Å². The molecule has 1 amide bonds. The van der Waals surface area contributed by atoms with Gasteiger partial charge in [-0.2, -0.15) is 5.10 Å². The van der Waals surface area contributed by atoms with E-state index in [2.05, 4.69) is 15.4 Å². The Labute approximate surface area is 134 Å². The number of nitrogens with one attached hydrogen (secondary N) is 1. The first-order valence-electron chi connectivity index (χ1n) is 7.42. The number of benzene rings is 1. The monoisotopic (exact) mass is 334 g/mol. The van der Waals surface area contributed by atoms with Crippen LogP contribution in [0, 0.1) is 5.92 Å². The Morgan fingerprint density at radius 3 is 2.70 bits per heavy atom. The summed E-state index contributed by atoms with van der Waals surface area (Å²) in [6.45, 7) is 1.00. The highest BCUT2D eigenvalue weighted by Crippen LogP contribution is 2.17. The normalized spacial score (nSPS) is 19.6. The average Bonchev–Trinajstić information content (AvgIpc) is 3.15. The Bertz CT molecular complexity index is 770. The van der Waals surface area contributed by atoms with E-state index in [1.54, 1.807) is 23.1 Å². The van der Waals surface area contributed by atoms with Crippen LogP contribution in [0.25, 0.3) is 0 Å². The predicted molar refractivity (Wildman–Crippen MR) is 84.7 cm³/mol. The summed E-state index contributed by atoms with van der Waals surface area (Å²) in [5.41, 5.74) is 1.59. The van der Waals surface area contributed by atoms with E-state index in [0.717, 1.165) is 5.56 Å². The largest absolute Gasteiger partial charge is 0.352 e. The van der Waals surface area contributed by atoms with Crippen LogP contribution in [0.15, 0.2) is 36.9 Å². The van der Waals surface area contributed by atoms with Gasteiger partial charge in [0.15, 0.2) is 9.84 Å². The van der Waals surface area contributed by atoms with Crippen LogP contribution >= 0.6 is 0 Å². The summed E-state index contributed by atoms with van der Waals surface area (Å²) < 4.78 is 24.5. The van der Waals surface area contributed by atoms with Gasteiger partial charge in [-0.05, 0) is 30.0 Å². The van der Waals surface area contributed by atoms with Crippen molar-refractivity contribution in [3.8, 4) is 0 Å². The van der Waals surface area contributed by atoms with E-state index in [1.807, 2.05) is 12.1 Å². The van der Waals surface area contributed by atoms with Crippen LogP contribution in [-0.2, 0) is 16.4 Å². The zero-order chi connectivity index (χ0) is 16.3. The molecule has 2 heterocycles. The van der Waals surface area contributed by atoms with E-state index < -0.39 is 9.84 Å². The number of amides is 1. The highest BCUT2D eigenvalue weighted by Gasteiger charge is 2.27. The molecule has 7 nitrogen and oxygen atoms in total. The van der Waals surface area contributed by atoms with Crippen LogP contribution in [0.2, 0.25) is 0 Å². The molecule has 1 aliphatic rings. The van der Waals surface area contributed by atoms with Crippen molar-refractivity contribution >= 4 is 15.7 Å². The van der Waals surface area contributed by atoms with Crippen molar-refractivity contribution in [2.24, 2.45) is 5.92 Å². The van der Waals surface area contributed by atoms with Gasteiger partial charge in [0.25, 0.3) is 5.91 Å². The molecule has 1 saturated heterocycles. The van der Waals surface area contributed by atoms with Gasteiger partial charge in [-0.3, -0.25) is 4.79 Å². The molecule has 1 aromatic heterocycles. The minimum Gasteiger partial charge on any atom is -0.352 e. The minimum absolute atomic E-state index is 0.0236. The second kappa shape index (κ2) is 6.49. The third-order valence-corrected chi connectivity index (χ3v) is 5.74. The van der Waals surface area contributed by atoms with E-state index in [9.17, 15) is 13.2 Å². The molecule has 0 bridgehead atoms. The topological polar surface area (TPSA) is 94.0 Å². The number of hydrogen-bond acceptors (Lipinski definition) is 5. The molecule has 3 rings (SSSR count). The van der Waals surface area contributed by atoms with Crippen molar-refractivity contribution in [2.45, 2.75) is 13.0 Å². The average molecular weight is 334 g/mol. The lowest BCUT2D eigenvalue weighted by Crippen LogP contribution is -2.29. The molecule has 0 unspecified atom stereocenters. The standard InChI is InChI=1S/C15H18N4O3S/c20-15(17-7-13-5-6-23(21,22)9-13)14-3-1-12(2-4-14)8-19-11-16-10-18-19/h1-4,10-11,13H,5-9H2,(H,17,20)/t13-/m0/s1. The van der Waals surface area contributed by atoms with Gasteiger partial charge in [0.05, 0.1) is 18.1 Å². The first-order valence-corrected chi connectivity index (χ1v) is 9.24. The van der Waals surface area contributed by atoms with Crippen molar-refractivity contribution in [3.63, 3.8) is 0 Å². The number of carbonyl (C=O) groups is 1. The Kier molecular flexibility index (Phi) is 4.42. The fraction of sp³-hybridized carbons (Fsp3) is 0.400. The summed E-state index contributed by atoms with van der Waals surface area (Å²) >= 11 is 0. The molecule has 0 saturated carbocycles. The van der Waals surface area contributed by atoms with Crippen molar-refractivity contribution in [1.29, 1.82) is 0 Å². The lowest BCUT2D eigenvalue weighted by atomic mass is 10.1. The molecule has 0 radical (unpaired) electrons. The third kappa shape index (κ3) is 4.16. The lowest BCUT2D eigenvalue weighted by molar-refractivity contribution is 0.0948. The first-order chi connectivity index (χ1) is 11.0. The summed E-state index contributed by atoms with van der Waals surface area (Å²) in [5, 5.41) is 6.84. The molecule has 2 aromatic rings. The molecule has 0 spiro atoms. The molecule has 0 aliphatic carbocycles.